The van der Waals surface area contributed by atoms with Crippen LogP contribution in [0.1, 0.15) is 5.56 Å². The molecular formula is C11H13N3S. The molecule has 0 bridgehead atoms. The van der Waals surface area contributed by atoms with E-state index in [1.165, 1.54) is 5.00 Å². The Morgan fingerprint density at radius 3 is 2.87 bits per heavy atom. The van der Waals surface area contributed by atoms with E-state index in [4.69, 9.17) is 5.73 Å². The SMILES string of the molecule is Cc1cc(N)cnc1N(C)c1cccs1. The fraction of sp³-hybridized carbons (Fsp3) is 0.182. The molecule has 2 N–H and O–H groups in total. The predicted octanol–water partition coefficient (Wildman–Crippen LogP) is 2.80. The largest absolute Gasteiger partial charge is 0.397 e. The Hall–Kier alpha value is -1.55. The van der Waals surface area contributed by atoms with Crippen molar-refractivity contribution in [3.8, 4) is 0 Å². The summed E-state index contributed by atoms with van der Waals surface area (Å²) in [5.74, 6) is 0.951. The third-order valence-corrected chi connectivity index (χ3v) is 3.17. The zero-order valence-corrected chi connectivity index (χ0v) is 9.58. The molecule has 0 aliphatic heterocycles. The Bertz CT molecular complexity index is 451. The number of hydrogen-bond acceptors (Lipinski definition) is 4. The van der Waals surface area contributed by atoms with Gasteiger partial charge >= 0.3 is 0 Å². The fourth-order valence-electron chi connectivity index (χ4n) is 1.51. The van der Waals surface area contributed by atoms with E-state index in [1.54, 1.807) is 17.5 Å². The molecule has 2 heterocycles. The van der Waals surface area contributed by atoms with Crippen LogP contribution in [0.4, 0.5) is 16.5 Å². The topological polar surface area (TPSA) is 42.1 Å². The third kappa shape index (κ3) is 1.94. The summed E-state index contributed by atoms with van der Waals surface area (Å²) in [6.45, 7) is 2.02. The molecule has 0 saturated carbocycles. The van der Waals surface area contributed by atoms with Crippen molar-refractivity contribution < 1.29 is 0 Å². The number of pyridine rings is 1. The number of anilines is 3. The fourth-order valence-corrected chi connectivity index (χ4v) is 2.20. The monoisotopic (exact) mass is 219 g/mol. The van der Waals surface area contributed by atoms with Crippen molar-refractivity contribution in [2.75, 3.05) is 17.7 Å². The summed E-state index contributed by atoms with van der Waals surface area (Å²) in [6, 6.07) is 6.04. The van der Waals surface area contributed by atoms with Crippen LogP contribution in [0, 0.1) is 6.92 Å². The Morgan fingerprint density at radius 2 is 2.27 bits per heavy atom. The third-order valence-electron chi connectivity index (χ3n) is 2.23. The summed E-state index contributed by atoms with van der Waals surface area (Å²) in [6.07, 6.45) is 1.69. The van der Waals surface area contributed by atoms with E-state index >= 15 is 0 Å². The summed E-state index contributed by atoms with van der Waals surface area (Å²) < 4.78 is 0. The highest BCUT2D eigenvalue weighted by Crippen LogP contribution is 2.28. The van der Waals surface area contributed by atoms with E-state index in [9.17, 15) is 0 Å². The molecule has 2 aromatic rings. The molecule has 0 aliphatic carbocycles. The molecule has 78 valence electrons. The van der Waals surface area contributed by atoms with Gasteiger partial charge in [-0.2, -0.15) is 0 Å². The normalized spacial score (nSPS) is 10.3. The minimum absolute atomic E-state index is 0.704. The van der Waals surface area contributed by atoms with Crippen LogP contribution in [-0.4, -0.2) is 12.0 Å². The molecule has 0 saturated heterocycles. The van der Waals surface area contributed by atoms with Gasteiger partial charge in [0.1, 0.15) is 5.82 Å². The van der Waals surface area contributed by atoms with Crippen molar-refractivity contribution in [1.82, 2.24) is 4.98 Å². The van der Waals surface area contributed by atoms with Crippen LogP contribution in [0.2, 0.25) is 0 Å². The van der Waals surface area contributed by atoms with Gasteiger partial charge in [-0.25, -0.2) is 4.98 Å². The van der Waals surface area contributed by atoms with Crippen molar-refractivity contribution in [3.05, 3.63) is 35.3 Å². The van der Waals surface area contributed by atoms with E-state index in [1.807, 2.05) is 26.1 Å². The molecule has 0 fully saturated rings. The number of rotatable bonds is 2. The van der Waals surface area contributed by atoms with Crippen molar-refractivity contribution >= 4 is 27.8 Å². The van der Waals surface area contributed by atoms with Crippen molar-refractivity contribution in [2.24, 2.45) is 0 Å². The highest BCUT2D eigenvalue weighted by Gasteiger charge is 2.08. The van der Waals surface area contributed by atoms with E-state index < -0.39 is 0 Å². The summed E-state index contributed by atoms with van der Waals surface area (Å²) in [7, 11) is 2.01. The van der Waals surface area contributed by atoms with Gasteiger partial charge in [0, 0.05) is 7.05 Å². The van der Waals surface area contributed by atoms with Gasteiger partial charge in [0.25, 0.3) is 0 Å². The highest BCUT2D eigenvalue weighted by molar-refractivity contribution is 7.14. The number of hydrogen-bond donors (Lipinski definition) is 1. The van der Waals surface area contributed by atoms with Gasteiger partial charge in [-0.05, 0) is 36.1 Å². The lowest BCUT2D eigenvalue weighted by Gasteiger charge is -2.18. The Kier molecular flexibility index (Phi) is 2.60. The average Bonchev–Trinajstić information content (AvgIpc) is 2.69. The van der Waals surface area contributed by atoms with Gasteiger partial charge in [0.05, 0.1) is 16.9 Å². The van der Waals surface area contributed by atoms with E-state index in [0.29, 0.717) is 5.69 Å². The maximum Gasteiger partial charge on any atom is 0.136 e. The van der Waals surface area contributed by atoms with Gasteiger partial charge in [-0.3, -0.25) is 0 Å². The lowest BCUT2D eigenvalue weighted by Crippen LogP contribution is -2.11. The van der Waals surface area contributed by atoms with E-state index in [2.05, 4.69) is 21.3 Å². The van der Waals surface area contributed by atoms with Crippen LogP contribution in [0.3, 0.4) is 0 Å². The first kappa shape index (κ1) is 9.98. The van der Waals surface area contributed by atoms with Crippen LogP contribution >= 0.6 is 11.3 Å². The van der Waals surface area contributed by atoms with E-state index in [-0.39, 0.29) is 0 Å². The lowest BCUT2D eigenvalue weighted by molar-refractivity contribution is 1.12. The highest BCUT2D eigenvalue weighted by atomic mass is 32.1. The standard InChI is InChI=1S/C11H13N3S/c1-8-6-9(12)7-13-11(8)14(2)10-4-3-5-15-10/h3-7H,12H2,1-2H3. The number of thiophene rings is 1. The Labute approximate surface area is 93.2 Å². The molecule has 0 radical (unpaired) electrons. The first-order valence-corrected chi connectivity index (χ1v) is 5.56. The molecule has 0 unspecified atom stereocenters. The second kappa shape index (κ2) is 3.90. The Balaban J connectivity index is 2.38. The molecule has 2 aromatic heterocycles. The van der Waals surface area contributed by atoms with Gasteiger partial charge < -0.3 is 10.6 Å². The quantitative estimate of drug-likeness (QED) is 0.844. The molecule has 0 amide bonds. The van der Waals surface area contributed by atoms with Crippen molar-refractivity contribution in [1.29, 1.82) is 0 Å². The van der Waals surface area contributed by atoms with Gasteiger partial charge in [-0.15, -0.1) is 11.3 Å². The summed E-state index contributed by atoms with van der Waals surface area (Å²) in [4.78, 5) is 6.41. The van der Waals surface area contributed by atoms with Gasteiger partial charge in [0.15, 0.2) is 0 Å². The average molecular weight is 219 g/mol. The molecule has 2 rings (SSSR count). The summed E-state index contributed by atoms with van der Waals surface area (Å²) >= 11 is 1.69. The van der Waals surface area contributed by atoms with Crippen LogP contribution in [0.15, 0.2) is 29.8 Å². The van der Waals surface area contributed by atoms with Gasteiger partial charge in [0.2, 0.25) is 0 Å². The lowest BCUT2D eigenvalue weighted by atomic mass is 10.2. The number of aromatic nitrogens is 1. The summed E-state index contributed by atoms with van der Waals surface area (Å²) in [5, 5.41) is 3.23. The minimum Gasteiger partial charge on any atom is -0.397 e. The maximum atomic E-state index is 5.67. The zero-order valence-electron chi connectivity index (χ0n) is 8.77. The second-order valence-corrected chi connectivity index (χ2v) is 4.35. The number of nitrogens with zero attached hydrogens (tertiary/aromatic N) is 2. The van der Waals surface area contributed by atoms with E-state index in [0.717, 1.165) is 11.4 Å². The first-order valence-electron chi connectivity index (χ1n) is 4.68. The molecule has 15 heavy (non-hydrogen) atoms. The maximum absolute atomic E-state index is 5.67. The molecule has 0 aliphatic rings. The Morgan fingerprint density at radius 1 is 1.47 bits per heavy atom. The van der Waals surface area contributed by atoms with Crippen LogP contribution in [0.5, 0.6) is 0 Å². The second-order valence-electron chi connectivity index (χ2n) is 3.42. The molecule has 3 nitrogen and oxygen atoms in total. The number of aryl methyl sites for hydroxylation is 1. The van der Waals surface area contributed by atoms with Crippen LogP contribution in [-0.2, 0) is 0 Å². The molecule has 4 heteroatoms. The van der Waals surface area contributed by atoms with Crippen molar-refractivity contribution in [2.45, 2.75) is 6.92 Å². The number of nitrogens with two attached hydrogens (primary N) is 1. The molecule has 0 spiro atoms. The smallest absolute Gasteiger partial charge is 0.136 e. The number of nitrogen functional groups attached to an aromatic ring is 1. The van der Waals surface area contributed by atoms with Gasteiger partial charge in [-0.1, -0.05) is 0 Å². The molecule has 0 aromatic carbocycles. The molecular weight excluding hydrogens is 206 g/mol. The minimum atomic E-state index is 0.704. The predicted molar refractivity (Wildman–Crippen MR) is 65.8 cm³/mol. The first-order chi connectivity index (χ1) is 7.18. The summed E-state index contributed by atoms with van der Waals surface area (Å²) in [5.41, 5.74) is 7.46. The zero-order chi connectivity index (χ0) is 10.8. The van der Waals surface area contributed by atoms with Crippen LogP contribution in [0.25, 0.3) is 0 Å². The molecule has 0 atom stereocenters. The van der Waals surface area contributed by atoms with Crippen molar-refractivity contribution in [3.63, 3.8) is 0 Å². The van der Waals surface area contributed by atoms with Crippen LogP contribution < -0.4 is 10.6 Å².